The molecular weight excluding hydrogens is 304 g/mol. The average Bonchev–Trinajstić information content (AvgIpc) is 2.70. The molecule has 0 amide bonds. The van der Waals surface area contributed by atoms with Crippen molar-refractivity contribution in [3.8, 4) is 0 Å². The van der Waals surface area contributed by atoms with Crippen molar-refractivity contribution in [1.29, 1.82) is 0 Å². The molecule has 1 aromatic rings. The van der Waals surface area contributed by atoms with Gasteiger partial charge in [0.15, 0.2) is 4.34 Å². The van der Waals surface area contributed by atoms with Gasteiger partial charge in [0.05, 0.1) is 11.5 Å². The standard InChI is InChI=1S/C8H11ClN2O5S2/c1-5(4-12)10(2)18(15,16)7-3-6(11(13)14)8(9)17-7/h3,5,12H,4H2,1-2H3. The van der Waals surface area contributed by atoms with Crippen LogP contribution in [0.2, 0.25) is 4.34 Å². The molecule has 0 aromatic carbocycles. The van der Waals surface area contributed by atoms with E-state index in [0.29, 0.717) is 11.3 Å². The Morgan fingerprint density at radius 1 is 1.67 bits per heavy atom. The van der Waals surface area contributed by atoms with Crippen molar-refractivity contribution in [3.63, 3.8) is 0 Å². The fourth-order valence-corrected chi connectivity index (χ4v) is 4.29. The van der Waals surface area contributed by atoms with Crippen LogP contribution in [0.1, 0.15) is 6.92 Å². The van der Waals surface area contributed by atoms with E-state index in [-0.39, 0.29) is 15.2 Å². The Balaban J connectivity index is 3.21. The maximum absolute atomic E-state index is 12.1. The number of sulfonamides is 1. The summed E-state index contributed by atoms with van der Waals surface area (Å²) in [5.74, 6) is 0. The first-order valence-corrected chi connectivity index (χ1v) is 7.38. The fourth-order valence-electron chi connectivity index (χ4n) is 1.08. The zero-order chi connectivity index (χ0) is 14.1. The molecule has 1 N–H and O–H groups in total. The molecule has 0 radical (unpaired) electrons. The van der Waals surface area contributed by atoms with Crippen LogP contribution in [0.15, 0.2) is 10.3 Å². The van der Waals surface area contributed by atoms with Crippen LogP contribution >= 0.6 is 22.9 Å². The molecule has 1 heterocycles. The number of hydrogen-bond acceptors (Lipinski definition) is 6. The largest absolute Gasteiger partial charge is 0.395 e. The van der Waals surface area contributed by atoms with Gasteiger partial charge in [-0.15, -0.1) is 11.3 Å². The Hall–Kier alpha value is -0.740. The third-order valence-corrected chi connectivity index (χ3v) is 6.12. The van der Waals surface area contributed by atoms with Gasteiger partial charge >= 0.3 is 0 Å². The Labute approximate surface area is 113 Å². The predicted octanol–water partition coefficient (Wildman–Crippen LogP) is 1.31. The van der Waals surface area contributed by atoms with E-state index in [4.69, 9.17) is 16.7 Å². The highest BCUT2D eigenvalue weighted by Crippen LogP contribution is 2.37. The fraction of sp³-hybridized carbons (Fsp3) is 0.500. The number of halogens is 1. The van der Waals surface area contributed by atoms with E-state index in [1.54, 1.807) is 0 Å². The second kappa shape index (κ2) is 5.49. The molecule has 0 bridgehead atoms. The molecular formula is C8H11ClN2O5S2. The number of hydrogen-bond donors (Lipinski definition) is 1. The van der Waals surface area contributed by atoms with Gasteiger partial charge in [-0.3, -0.25) is 10.1 Å². The molecule has 18 heavy (non-hydrogen) atoms. The first-order chi connectivity index (χ1) is 8.21. The summed E-state index contributed by atoms with van der Waals surface area (Å²) in [4.78, 5) is 9.86. The maximum Gasteiger partial charge on any atom is 0.300 e. The molecule has 0 fully saturated rings. The maximum atomic E-state index is 12.1. The zero-order valence-electron chi connectivity index (χ0n) is 9.53. The highest BCUT2D eigenvalue weighted by molar-refractivity contribution is 7.91. The normalized spacial score (nSPS) is 13.8. The second-order valence-corrected chi connectivity index (χ2v) is 7.41. The predicted molar refractivity (Wildman–Crippen MR) is 67.5 cm³/mol. The number of nitrogens with zero attached hydrogens (tertiary/aromatic N) is 2. The van der Waals surface area contributed by atoms with Crippen molar-refractivity contribution < 1.29 is 18.4 Å². The minimum Gasteiger partial charge on any atom is -0.395 e. The van der Waals surface area contributed by atoms with Crippen molar-refractivity contribution in [3.05, 3.63) is 20.5 Å². The molecule has 0 aliphatic rings. The number of thiophene rings is 1. The lowest BCUT2D eigenvalue weighted by Crippen LogP contribution is -2.36. The minimum absolute atomic E-state index is 0.191. The number of aliphatic hydroxyl groups is 1. The van der Waals surface area contributed by atoms with Crippen LogP contribution < -0.4 is 0 Å². The number of aliphatic hydroxyl groups excluding tert-OH is 1. The van der Waals surface area contributed by atoms with E-state index in [0.717, 1.165) is 10.4 Å². The van der Waals surface area contributed by atoms with Gasteiger partial charge < -0.3 is 5.11 Å². The lowest BCUT2D eigenvalue weighted by atomic mass is 10.4. The van der Waals surface area contributed by atoms with Gasteiger partial charge in [-0.25, -0.2) is 8.42 Å². The summed E-state index contributed by atoms with van der Waals surface area (Å²) in [6.07, 6.45) is 0. The van der Waals surface area contributed by atoms with Crippen LogP contribution in [0.25, 0.3) is 0 Å². The Morgan fingerprint density at radius 2 is 2.22 bits per heavy atom. The van der Waals surface area contributed by atoms with E-state index in [9.17, 15) is 18.5 Å². The third kappa shape index (κ3) is 2.81. The molecule has 1 rings (SSSR count). The van der Waals surface area contributed by atoms with Gasteiger partial charge in [-0.2, -0.15) is 4.31 Å². The molecule has 0 saturated carbocycles. The average molecular weight is 315 g/mol. The molecule has 0 spiro atoms. The summed E-state index contributed by atoms with van der Waals surface area (Å²) < 4.78 is 24.7. The Bertz CT molecular complexity index is 556. The first-order valence-electron chi connectivity index (χ1n) is 4.74. The molecule has 1 aromatic heterocycles. The van der Waals surface area contributed by atoms with Gasteiger partial charge in [0.25, 0.3) is 15.7 Å². The van der Waals surface area contributed by atoms with Crippen molar-refractivity contribution in [2.75, 3.05) is 13.7 Å². The smallest absolute Gasteiger partial charge is 0.300 e. The van der Waals surface area contributed by atoms with Gasteiger partial charge in [-0.05, 0) is 6.92 Å². The third-order valence-electron chi connectivity index (χ3n) is 2.36. The SMILES string of the molecule is CC(CO)N(C)S(=O)(=O)c1cc([N+](=O)[O-])c(Cl)s1. The van der Waals surface area contributed by atoms with Crippen molar-refractivity contribution >= 4 is 38.6 Å². The van der Waals surface area contributed by atoms with Gasteiger partial charge in [0, 0.05) is 19.2 Å². The first kappa shape index (κ1) is 15.3. The van der Waals surface area contributed by atoms with Crippen LogP contribution in [0.4, 0.5) is 5.69 Å². The Morgan fingerprint density at radius 3 is 2.61 bits per heavy atom. The molecule has 1 unspecified atom stereocenters. The number of nitro groups is 1. The van der Waals surface area contributed by atoms with Crippen LogP contribution in [-0.2, 0) is 10.0 Å². The van der Waals surface area contributed by atoms with Gasteiger partial charge in [-0.1, -0.05) is 11.6 Å². The van der Waals surface area contributed by atoms with Crippen molar-refractivity contribution in [1.82, 2.24) is 4.31 Å². The van der Waals surface area contributed by atoms with E-state index in [1.807, 2.05) is 0 Å². The molecule has 0 aliphatic carbocycles. The van der Waals surface area contributed by atoms with Crippen molar-refractivity contribution in [2.24, 2.45) is 0 Å². The molecule has 0 saturated heterocycles. The summed E-state index contributed by atoms with van der Waals surface area (Å²) in [6, 6.07) is 0.290. The van der Waals surface area contributed by atoms with Crippen LogP contribution in [0.5, 0.6) is 0 Å². The molecule has 1 atom stereocenters. The summed E-state index contributed by atoms with van der Waals surface area (Å²) in [7, 11) is -2.60. The highest BCUT2D eigenvalue weighted by Gasteiger charge is 2.30. The van der Waals surface area contributed by atoms with E-state index < -0.39 is 26.7 Å². The summed E-state index contributed by atoms with van der Waals surface area (Å²) in [5.41, 5.74) is -0.440. The Kier molecular flexibility index (Phi) is 4.67. The lowest BCUT2D eigenvalue weighted by Gasteiger charge is -2.21. The van der Waals surface area contributed by atoms with Crippen LogP contribution in [0, 0.1) is 10.1 Å². The molecule has 7 nitrogen and oxygen atoms in total. The topological polar surface area (TPSA) is 101 Å². The zero-order valence-corrected chi connectivity index (χ0v) is 11.9. The number of rotatable bonds is 5. The van der Waals surface area contributed by atoms with Crippen LogP contribution in [0.3, 0.4) is 0 Å². The molecule has 102 valence electrons. The van der Waals surface area contributed by atoms with E-state index >= 15 is 0 Å². The summed E-state index contributed by atoms with van der Waals surface area (Å²) in [6.45, 7) is 1.16. The van der Waals surface area contributed by atoms with Gasteiger partial charge in [0.1, 0.15) is 4.21 Å². The summed E-state index contributed by atoms with van der Waals surface area (Å²) in [5, 5.41) is 19.5. The minimum atomic E-state index is -3.88. The summed E-state index contributed by atoms with van der Waals surface area (Å²) >= 11 is 6.23. The van der Waals surface area contributed by atoms with Gasteiger partial charge in [0.2, 0.25) is 0 Å². The highest BCUT2D eigenvalue weighted by atomic mass is 35.5. The monoisotopic (exact) mass is 314 g/mol. The lowest BCUT2D eigenvalue weighted by molar-refractivity contribution is -0.384. The van der Waals surface area contributed by atoms with Crippen molar-refractivity contribution in [2.45, 2.75) is 17.2 Å². The van der Waals surface area contributed by atoms with Crippen LogP contribution in [-0.4, -0.2) is 42.4 Å². The second-order valence-electron chi connectivity index (χ2n) is 3.53. The van der Waals surface area contributed by atoms with E-state index in [2.05, 4.69) is 0 Å². The molecule has 0 aliphatic heterocycles. The quantitative estimate of drug-likeness (QED) is 0.652. The van der Waals surface area contributed by atoms with E-state index in [1.165, 1.54) is 14.0 Å². The number of likely N-dealkylation sites (N-methyl/N-ethyl adjacent to an activating group) is 1. The molecule has 10 heteroatoms.